The summed E-state index contributed by atoms with van der Waals surface area (Å²) in [5.74, 6) is 0. The van der Waals surface area contributed by atoms with Gasteiger partial charge in [0.25, 0.3) is 0 Å². The van der Waals surface area contributed by atoms with Crippen molar-refractivity contribution < 1.29 is 20.5 Å². The molecule has 5 heteroatoms. The first-order valence-corrected chi connectivity index (χ1v) is 0.651. The average Bonchev–Trinajstić information content (AvgIpc) is 0.811. The maximum atomic E-state index is 8.56. The molecule has 2 radical (unpaired) electrons. The third-order valence-corrected chi connectivity index (χ3v) is 0. The summed E-state index contributed by atoms with van der Waals surface area (Å²) in [6, 6.07) is 0. The molecular weight excluding hydrogens is 283 g/mol. The van der Waals surface area contributed by atoms with Crippen LogP contribution in [-0.2, 0) is 0 Å². The molecule has 0 fully saturated rings. The van der Waals surface area contributed by atoms with Crippen molar-refractivity contribution in [1.82, 2.24) is 0 Å². The van der Waals surface area contributed by atoms with Crippen LogP contribution in [0.5, 0.6) is 0 Å². The van der Waals surface area contributed by atoms with Gasteiger partial charge in [-0.15, -0.1) is 0 Å². The number of carbonyl (C=O) groups is 1. The van der Waals surface area contributed by atoms with E-state index in [1.807, 2.05) is 0 Å². The van der Waals surface area contributed by atoms with Crippen LogP contribution in [0.15, 0.2) is 0 Å². The van der Waals surface area contributed by atoms with Crippen LogP contribution in [0.1, 0.15) is 0 Å². The van der Waals surface area contributed by atoms with Crippen LogP contribution < -0.4 is 0 Å². The first kappa shape index (κ1) is 16.4. The molecule has 0 saturated carbocycles. The summed E-state index contributed by atoms with van der Waals surface area (Å²) in [7, 11) is 0. The molecule has 4 N–H and O–H groups in total. The number of rotatable bonds is 0. The van der Waals surface area contributed by atoms with Gasteiger partial charge in [0.2, 0.25) is 0 Å². The number of hydrogen-bond donors (Lipinski definition) is 2. The van der Waals surface area contributed by atoms with Crippen molar-refractivity contribution in [2.75, 3.05) is 0 Å². The Kier molecular flexibility index (Phi) is 24.5. The van der Waals surface area contributed by atoms with Gasteiger partial charge < -0.3 is 15.7 Å². The zero-order valence-electron chi connectivity index (χ0n) is 3.01. The van der Waals surface area contributed by atoms with Gasteiger partial charge in [-0.05, 0) is 0 Å². The Hall–Kier alpha value is 0.152. The van der Waals surface area contributed by atoms with Crippen LogP contribution in [0.2, 0.25) is 0 Å². The van der Waals surface area contributed by atoms with Crippen molar-refractivity contribution in [2.24, 2.45) is 0 Å². The zero-order valence-corrected chi connectivity index (χ0v) is 8.51. The predicted octanol–water partition coefficient (Wildman–Crippen LogP) is -1.52. The molecule has 0 saturated heterocycles. The monoisotopic (exact) mass is 290 g/mol. The van der Waals surface area contributed by atoms with E-state index in [-0.39, 0.29) is 32.8 Å². The van der Waals surface area contributed by atoms with Crippen LogP contribution in [-0.4, -0.2) is 49.1 Å². The summed E-state index contributed by atoms with van der Waals surface area (Å²) in [6.45, 7) is 0. The second kappa shape index (κ2) is 8.94. The van der Waals surface area contributed by atoms with E-state index < -0.39 is 6.16 Å². The van der Waals surface area contributed by atoms with E-state index in [9.17, 15) is 0 Å². The number of carboxylic acid groups (broad SMARTS) is 2. The fraction of sp³-hybridized carbons (Fsp3) is 0. The van der Waals surface area contributed by atoms with Crippen LogP contribution in [0.25, 0.3) is 0 Å². The molecule has 0 rings (SSSR count). The molecular formula is CH6O4Pb. The average molecular weight is 289 g/mol. The van der Waals surface area contributed by atoms with Crippen molar-refractivity contribution in [2.45, 2.75) is 0 Å². The van der Waals surface area contributed by atoms with Crippen LogP contribution >= 0.6 is 0 Å². The molecule has 0 aliphatic heterocycles. The summed E-state index contributed by atoms with van der Waals surface area (Å²) in [4.78, 5) is 8.56. The Bertz CT molecular complexity index is 30.5. The van der Waals surface area contributed by atoms with E-state index >= 15 is 0 Å². The molecule has 0 aromatic rings. The van der Waals surface area contributed by atoms with E-state index in [2.05, 4.69) is 0 Å². The van der Waals surface area contributed by atoms with E-state index in [0.717, 1.165) is 0 Å². The van der Waals surface area contributed by atoms with Crippen LogP contribution in [0.4, 0.5) is 4.79 Å². The van der Waals surface area contributed by atoms with Crippen LogP contribution in [0.3, 0.4) is 0 Å². The fourth-order valence-corrected chi connectivity index (χ4v) is 0. The molecule has 0 unspecified atom stereocenters. The van der Waals surface area contributed by atoms with Crippen molar-refractivity contribution >= 4 is 33.5 Å². The van der Waals surface area contributed by atoms with Gasteiger partial charge in [-0.1, -0.05) is 0 Å². The number of hydrogen-bond acceptors (Lipinski definition) is 1. The first-order chi connectivity index (χ1) is 1.73. The Morgan fingerprint density at radius 1 is 1.33 bits per heavy atom. The summed E-state index contributed by atoms with van der Waals surface area (Å²) >= 11 is 0. The molecule has 0 aromatic heterocycles. The molecule has 6 heavy (non-hydrogen) atoms. The van der Waals surface area contributed by atoms with Crippen molar-refractivity contribution in [3.63, 3.8) is 0 Å². The molecule has 0 aliphatic carbocycles. The molecule has 4 nitrogen and oxygen atoms in total. The second-order valence-electron chi connectivity index (χ2n) is 0.283. The van der Waals surface area contributed by atoms with Gasteiger partial charge in [-0.2, -0.15) is 0 Å². The van der Waals surface area contributed by atoms with Crippen LogP contribution in [0, 0.1) is 0 Å². The Labute approximate surface area is 54.3 Å². The maximum absolute atomic E-state index is 8.56. The predicted molar refractivity (Wildman–Crippen MR) is 22.8 cm³/mol. The molecule has 0 aromatic carbocycles. The van der Waals surface area contributed by atoms with E-state index in [1.54, 1.807) is 0 Å². The van der Waals surface area contributed by atoms with Gasteiger partial charge in [0.15, 0.2) is 0 Å². The van der Waals surface area contributed by atoms with Gasteiger partial charge in [-0.3, -0.25) is 0 Å². The van der Waals surface area contributed by atoms with Gasteiger partial charge in [0.05, 0.1) is 0 Å². The Balaban J connectivity index is -0.0000000450. The first-order valence-electron chi connectivity index (χ1n) is 0.651. The Morgan fingerprint density at radius 2 is 1.33 bits per heavy atom. The molecule has 0 heterocycles. The SMILES string of the molecule is O.O=C(O)O.[PbH2]. The normalized spacial score (nSPS) is 4.00. The zero-order chi connectivity index (χ0) is 3.58. The van der Waals surface area contributed by atoms with Crippen molar-refractivity contribution in [3.8, 4) is 0 Å². The van der Waals surface area contributed by atoms with Gasteiger partial charge in [-0.25, -0.2) is 4.79 Å². The molecule has 0 atom stereocenters. The van der Waals surface area contributed by atoms with E-state index in [4.69, 9.17) is 15.0 Å². The molecule has 0 spiro atoms. The van der Waals surface area contributed by atoms with Gasteiger partial charge in [0.1, 0.15) is 0 Å². The fourth-order valence-electron chi connectivity index (χ4n) is 0. The van der Waals surface area contributed by atoms with Crippen molar-refractivity contribution in [3.05, 3.63) is 0 Å². The second-order valence-corrected chi connectivity index (χ2v) is 0.283. The summed E-state index contributed by atoms with van der Waals surface area (Å²) < 4.78 is 0. The molecule has 0 amide bonds. The third-order valence-electron chi connectivity index (χ3n) is 0. The molecule has 0 aliphatic rings. The quantitative estimate of drug-likeness (QED) is 0.531. The summed E-state index contributed by atoms with van der Waals surface area (Å²) in [6.07, 6.45) is -1.83. The third kappa shape index (κ3) is 1780. The van der Waals surface area contributed by atoms with Crippen molar-refractivity contribution in [1.29, 1.82) is 0 Å². The summed E-state index contributed by atoms with van der Waals surface area (Å²) in [5, 5.41) is 13.9. The van der Waals surface area contributed by atoms with Gasteiger partial charge >= 0.3 is 33.5 Å². The Morgan fingerprint density at radius 3 is 1.33 bits per heavy atom. The topological polar surface area (TPSA) is 89.0 Å². The molecule has 38 valence electrons. The standard InChI is InChI=1S/CH2O3.H2O.Pb.2H/c2-1(3)4;;;;/h(H2,2,3,4);1H2;;;. The minimum absolute atomic E-state index is 0. The van der Waals surface area contributed by atoms with E-state index in [1.165, 1.54) is 0 Å². The molecule has 0 bridgehead atoms. The van der Waals surface area contributed by atoms with E-state index in [0.29, 0.717) is 0 Å². The minimum atomic E-state index is -1.83. The summed E-state index contributed by atoms with van der Waals surface area (Å²) in [5.41, 5.74) is 0. The van der Waals surface area contributed by atoms with Gasteiger partial charge in [0, 0.05) is 0 Å².